The van der Waals surface area contributed by atoms with Crippen molar-refractivity contribution in [3.05, 3.63) is 112 Å². The van der Waals surface area contributed by atoms with Crippen molar-refractivity contribution < 1.29 is 28.8 Å². The number of hydrogen-bond donors (Lipinski definition) is 5. The lowest BCUT2D eigenvalue weighted by Gasteiger charge is -2.24. The number of piperidine rings is 1. The van der Waals surface area contributed by atoms with Crippen LogP contribution in [0.4, 0.5) is 21.9 Å². The predicted octanol–water partition coefficient (Wildman–Crippen LogP) is 7.57. The molecule has 2 aromatic carbocycles. The third-order valence-corrected chi connectivity index (χ3v) is 10.5. The third kappa shape index (κ3) is 12.3. The average Bonchev–Trinajstić information content (AvgIpc) is 3.34. The number of urea groups is 1. The number of anilines is 3. The summed E-state index contributed by atoms with van der Waals surface area (Å²) in [7, 11) is 0. The van der Waals surface area contributed by atoms with Gasteiger partial charge in [0.15, 0.2) is 11.6 Å². The van der Waals surface area contributed by atoms with E-state index >= 15 is 0 Å². The number of carbonyl (C=O) groups is 6. The number of fused-ring (bicyclic) bond motifs is 1. The van der Waals surface area contributed by atoms with E-state index in [1.54, 1.807) is 54.7 Å². The van der Waals surface area contributed by atoms with Crippen LogP contribution in [0.1, 0.15) is 113 Å². The minimum atomic E-state index is -0.457. The maximum Gasteiger partial charge on any atom is 0.323 e. The van der Waals surface area contributed by atoms with Crippen LogP contribution in [0.15, 0.2) is 79.1 Å². The van der Waals surface area contributed by atoms with Gasteiger partial charge < -0.3 is 21.3 Å². The van der Waals surface area contributed by atoms with E-state index in [0.717, 1.165) is 38.5 Å². The van der Waals surface area contributed by atoms with Gasteiger partial charge in [0, 0.05) is 83.9 Å². The molecule has 14 heteroatoms. The van der Waals surface area contributed by atoms with Crippen LogP contribution >= 0.6 is 11.6 Å². The van der Waals surface area contributed by atoms with Gasteiger partial charge >= 0.3 is 6.03 Å². The van der Waals surface area contributed by atoms with Gasteiger partial charge in [-0.3, -0.25) is 29.3 Å². The Morgan fingerprint density at radius 1 is 0.763 bits per heavy atom. The summed E-state index contributed by atoms with van der Waals surface area (Å²) in [5, 5.41) is 14.4. The molecule has 2 atom stereocenters. The molecule has 1 aliphatic heterocycles. The minimum absolute atomic E-state index is 0.0709. The van der Waals surface area contributed by atoms with E-state index in [-0.39, 0.29) is 47.3 Å². The topological polar surface area (TPSA) is 188 Å². The number of unbranched alkanes of at least 4 members (excludes halogenated alkanes) is 5. The zero-order valence-electron chi connectivity index (χ0n) is 32.6. The van der Waals surface area contributed by atoms with Crippen LogP contribution in [-0.4, -0.2) is 58.4 Å². The van der Waals surface area contributed by atoms with Gasteiger partial charge in [-0.25, -0.2) is 14.8 Å². The fraction of sp³-hybridized carbons (Fsp3) is 0.333. The first-order valence-corrected chi connectivity index (χ1v) is 20.3. The van der Waals surface area contributed by atoms with Gasteiger partial charge in [-0.15, -0.1) is 0 Å². The predicted molar refractivity (Wildman–Crippen MR) is 225 cm³/mol. The molecule has 1 aliphatic carbocycles. The second kappa shape index (κ2) is 20.9. The molecule has 2 aromatic heterocycles. The van der Waals surface area contributed by atoms with E-state index < -0.39 is 17.9 Å². The molecular formula is C45H46ClN7O6. The highest BCUT2D eigenvalue weighted by Crippen LogP contribution is 2.34. The Kier molecular flexibility index (Phi) is 14.9. The van der Waals surface area contributed by atoms with Crippen LogP contribution in [0.5, 0.6) is 0 Å². The lowest BCUT2D eigenvalue weighted by Crippen LogP contribution is -2.41. The summed E-state index contributed by atoms with van der Waals surface area (Å²) >= 11 is 5.88. The molecule has 13 nitrogen and oxygen atoms in total. The fourth-order valence-electron chi connectivity index (χ4n) is 7.23. The zero-order valence-corrected chi connectivity index (χ0v) is 33.3. The fourth-order valence-corrected chi connectivity index (χ4v) is 7.40. The zero-order chi connectivity index (χ0) is 41.6. The molecule has 0 saturated carbocycles. The summed E-state index contributed by atoms with van der Waals surface area (Å²) in [5.41, 5.74) is 4.12. The van der Waals surface area contributed by atoms with Gasteiger partial charge in [0.25, 0.3) is 5.91 Å². The van der Waals surface area contributed by atoms with Crippen LogP contribution in [0.3, 0.4) is 0 Å². The summed E-state index contributed by atoms with van der Waals surface area (Å²) in [6.07, 6.45) is 10.5. The monoisotopic (exact) mass is 815 g/mol. The highest BCUT2D eigenvalue weighted by Gasteiger charge is 2.35. The quantitative estimate of drug-likeness (QED) is 0.0265. The number of aromatic nitrogens is 2. The Hall–Kier alpha value is -6.39. The Morgan fingerprint density at radius 2 is 1.47 bits per heavy atom. The maximum absolute atomic E-state index is 13.5. The molecule has 6 rings (SSSR count). The first kappa shape index (κ1) is 42.2. The molecule has 0 radical (unpaired) electrons. The standard InChI is InChI=1S/C45H46ClN7O6/c46-39-28-35(20-24-49-39)52-45(59)51-34-19-23-47-33(27-34)16-13-29-9-7-10-31(25-29)43(57)50-22-6-4-2-1-3-5-21-48-37-12-8-11-36-41(37)38(54)17-14-30(42(36)56)26-32-15-18-40(55)53-44(32)58/h7-12,19-20,23-25,27-28,30,32,48H,1-6,14-15,17-18,21-22,26H2,(H,50,57)(H,53,55,58)(H2,47,49,51,52,59). The van der Waals surface area contributed by atoms with Gasteiger partial charge in [-0.1, -0.05) is 61.4 Å². The van der Waals surface area contributed by atoms with Crippen molar-refractivity contribution in [2.45, 2.75) is 70.6 Å². The molecule has 0 bridgehead atoms. The minimum Gasteiger partial charge on any atom is -0.384 e. The molecule has 5 N–H and O–H groups in total. The number of benzene rings is 2. The normalized spacial score (nSPS) is 16.2. The first-order valence-electron chi connectivity index (χ1n) is 20.0. The molecular weight excluding hydrogens is 770 g/mol. The molecule has 0 spiro atoms. The SMILES string of the molecule is O=C1CCC(CC2CCC(=O)c3c(NCCCCCCCCNC(=O)c4cccc(C#Cc5cc(NC(=O)Nc6ccnc(Cl)c6)ccn5)c4)cccc3C2=O)C(=O)N1. The molecule has 4 aromatic rings. The average molecular weight is 816 g/mol. The van der Waals surface area contributed by atoms with Crippen LogP contribution in [0.25, 0.3) is 0 Å². The molecule has 1 fully saturated rings. The highest BCUT2D eigenvalue weighted by atomic mass is 35.5. The molecule has 3 heterocycles. The number of carbonyl (C=O) groups excluding carboxylic acids is 6. The molecule has 2 aliphatic rings. The Bertz CT molecular complexity index is 2290. The van der Waals surface area contributed by atoms with E-state index in [1.807, 2.05) is 12.1 Å². The van der Waals surface area contributed by atoms with Crippen molar-refractivity contribution in [1.82, 2.24) is 20.6 Å². The van der Waals surface area contributed by atoms with Crippen molar-refractivity contribution in [3.63, 3.8) is 0 Å². The van der Waals surface area contributed by atoms with Crippen LogP contribution < -0.4 is 26.6 Å². The number of imide groups is 1. The molecule has 2 unspecified atom stereocenters. The Morgan fingerprint density at radius 3 is 2.25 bits per heavy atom. The molecule has 5 amide bonds. The maximum atomic E-state index is 13.5. The van der Waals surface area contributed by atoms with Gasteiger partial charge in [-0.2, -0.15) is 0 Å². The van der Waals surface area contributed by atoms with Crippen molar-refractivity contribution in [3.8, 4) is 11.8 Å². The molecule has 304 valence electrons. The summed E-state index contributed by atoms with van der Waals surface area (Å²) in [5.74, 6) is 4.21. The second-order valence-electron chi connectivity index (χ2n) is 14.6. The number of amides is 5. The smallest absolute Gasteiger partial charge is 0.323 e. The van der Waals surface area contributed by atoms with Gasteiger partial charge in [0.05, 0.1) is 5.56 Å². The van der Waals surface area contributed by atoms with E-state index in [2.05, 4.69) is 48.4 Å². The number of rotatable bonds is 15. The van der Waals surface area contributed by atoms with Gasteiger partial charge in [-0.05, 0) is 86.6 Å². The lowest BCUT2D eigenvalue weighted by molar-refractivity contribution is -0.136. The van der Waals surface area contributed by atoms with Crippen LogP contribution in [0.2, 0.25) is 5.15 Å². The number of Topliss-reactive ketones (excluding diaryl/α,β-unsaturated/α-hetero) is 2. The van der Waals surface area contributed by atoms with E-state index in [1.165, 1.54) is 12.3 Å². The van der Waals surface area contributed by atoms with Crippen molar-refractivity contribution in [2.24, 2.45) is 11.8 Å². The summed E-state index contributed by atoms with van der Waals surface area (Å²) in [4.78, 5) is 84.1. The third-order valence-electron chi connectivity index (χ3n) is 10.3. The van der Waals surface area contributed by atoms with Gasteiger partial charge in [0.1, 0.15) is 10.8 Å². The summed E-state index contributed by atoms with van der Waals surface area (Å²) < 4.78 is 0. The number of halogens is 1. The number of nitrogens with one attached hydrogen (secondary N) is 5. The molecule has 59 heavy (non-hydrogen) atoms. The second-order valence-corrected chi connectivity index (χ2v) is 15.0. The van der Waals surface area contributed by atoms with E-state index in [4.69, 9.17) is 11.6 Å². The van der Waals surface area contributed by atoms with Crippen molar-refractivity contribution in [1.29, 1.82) is 0 Å². The number of hydrogen-bond acceptors (Lipinski definition) is 9. The summed E-state index contributed by atoms with van der Waals surface area (Å²) in [6.45, 7) is 1.22. The largest absolute Gasteiger partial charge is 0.384 e. The lowest BCUT2D eigenvalue weighted by atomic mass is 9.83. The van der Waals surface area contributed by atoms with Crippen molar-refractivity contribution >= 4 is 64.0 Å². The molecule has 1 saturated heterocycles. The number of pyridine rings is 2. The van der Waals surface area contributed by atoms with Crippen LogP contribution in [-0.2, 0) is 9.59 Å². The summed E-state index contributed by atoms with van der Waals surface area (Å²) in [6, 6.07) is 18.4. The van der Waals surface area contributed by atoms with E-state index in [0.29, 0.717) is 77.4 Å². The highest BCUT2D eigenvalue weighted by molar-refractivity contribution is 6.29. The van der Waals surface area contributed by atoms with Crippen LogP contribution in [0, 0.1) is 23.7 Å². The number of nitrogens with zero attached hydrogens (tertiary/aromatic N) is 2. The Labute approximate surface area is 347 Å². The first-order chi connectivity index (χ1) is 28.6. The van der Waals surface area contributed by atoms with Crippen molar-refractivity contribution in [2.75, 3.05) is 29.0 Å². The van der Waals surface area contributed by atoms with Gasteiger partial charge in [0.2, 0.25) is 11.8 Å². The number of ketones is 2. The van der Waals surface area contributed by atoms with E-state index in [9.17, 15) is 28.8 Å². The Balaban J connectivity index is 0.872.